The van der Waals surface area contributed by atoms with Gasteiger partial charge in [0.15, 0.2) is 6.29 Å². The summed E-state index contributed by atoms with van der Waals surface area (Å²) in [7, 11) is 0. The Hall–Kier alpha value is -6.80. The van der Waals surface area contributed by atoms with E-state index in [0.29, 0.717) is 34.6 Å². The van der Waals surface area contributed by atoms with Crippen molar-refractivity contribution in [2.45, 2.75) is 97.4 Å². The Kier molecular flexibility index (Phi) is 12.6. The van der Waals surface area contributed by atoms with Crippen molar-refractivity contribution in [1.82, 2.24) is 5.32 Å². The predicted molar refractivity (Wildman–Crippen MR) is 251 cm³/mol. The fourth-order valence-corrected chi connectivity index (χ4v) is 8.02. The molecule has 8 nitrogen and oxygen atoms in total. The van der Waals surface area contributed by atoms with Gasteiger partial charge < -0.3 is 14.8 Å². The van der Waals surface area contributed by atoms with Crippen molar-refractivity contribution in [2.24, 2.45) is 0 Å². The first kappa shape index (κ1) is 44.3. The van der Waals surface area contributed by atoms with Gasteiger partial charge in [-0.15, -0.1) is 0 Å². The van der Waals surface area contributed by atoms with Crippen LogP contribution in [0, 0.1) is 0 Å². The Morgan fingerprint density at radius 3 is 1.48 bits per heavy atom. The topological polar surface area (TPSA) is 102 Å². The zero-order valence-corrected chi connectivity index (χ0v) is 37.5. The van der Waals surface area contributed by atoms with Gasteiger partial charge in [0.05, 0.1) is 22.4 Å². The van der Waals surface area contributed by atoms with Crippen molar-refractivity contribution in [3.63, 3.8) is 0 Å². The Morgan fingerprint density at radius 2 is 1.00 bits per heavy atom. The number of hydrogen-bond donors (Lipinski definition) is 1. The molecule has 0 bridgehead atoms. The number of nitrogens with one attached hydrogen (secondary N) is 1. The molecule has 1 heterocycles. The quantitative estimate of drug-likeness (QED) is 0.0769. The van der Waals surface area contributed by atoms with Gasteiger partial charge in [0.2, 0.25) is 0 Å². The fraction of sp³-hybridized carbons (Fsp3) is 0.273. The summed E-state index contributed by atoms with van der Waals surface area (Å²) in [5, 5.41) is 3.07. The minimum absolute atomic E-state index is 0.167. The van der Waals surface area contributed by atoms with Crippen LogP contribution in [0.3, 0.4) is 0 Å². The van der Waals surface area contributed by atoms with Crippen LogP contribution < -0.4 is 19.7 Å². The van der Waals surface area contributed by atoms with E-state index in [1.54, 1.807) is 60.7 Å². The van der Waals surface area contributed by atoms with Gasteiger partial charge in [0.1, 0.15) is 23.0 Å². The lowest BCUT2D eigenvalue weighted by atomic mass is 9.78. The van der Waals surface area contributed by atoms with E-state index in [1.165, 1.54) is 5.56 Å². The lowest BCUT2D eigenvalue weighted by Gasteiger charge is -2.28. The van der Waals surface area contributed by atoms with E-state index in [4.69, 9.17) is 9.47 Å². The molecule has 8 heteroatoms. The van der Waals surface area contributed by atoms with Crippen molar-refractivity contribution in [2.75, 3.05) is 4.90 Å². The first-order valence-electron chi connectivity index (χ1n) is 21.9. The second-order valence-corrected chi connectivity index (χ2v) is 17.5. The van der Waals surface area contributed by atoms with Crippen LogP contribution in [0.15, 0.2) is 133 Å². The molecule has 63 heavy (non-hydrogen) atoms. The summed E-state index contributed by atoms with van der Waals surface area (Å²) in [4.78, 5) is 53.8. The van der Waals surface area contributed by atoms with Crippen LogP contribution in [0.4, 0.5) is 5.69 Å². The monoisotopic (exact) mass is 840 g/mol. The smallest absolute Gasteiger partial charge is 0.266 e. The van der Waals surface area contributed by atoms with E-state index < -0.39 is 17.4 Å². The van der Waals surface area contributed by atoms with Crippen molar-refractivity contribution in [3.8, 4) is 34.1 Å². The highest BCUT2D eigenvalue weighted by Crippen LogP contribution is 2.38. The maximum absolute atomic E-state index is 13.8. The number of carbonyl (C=O) groups is 4. The van der Waals surface area contributed by atoms with E-state index >= 15 is 0 Å². The largest absolute Gasteiger partial charge is 0.457 e. The van der Waals surface area contributed by atoms with Crippen LogP contribution in [0.1, 0.15) is 139 Å². The molecule has 0 saturated carbocycles. The number of amides is 3. The van der Waals surface area contributed by atoms with Gasteiger partial charge in [0, 0.05) is 16.5 Å². The summed E-state index contributed by atoms with van der Waals surface area (Å²) >= 11 is 0. The summed E-state index contributed by atoms with van der Waals surface area (Å²) in [6, 6.07) is 41.6. The van der Waals surface area contributed by atoms with E-state index in [-0.39, 0.29) is 39.0 Å². The second kappa shape index (κ2) is 17.9. The zero-order valence-electron chi connectivity index (χ0n) is 37.5. The Morgan fingerprint density at radius 1 is 0.556 bits per heavy atom. The molecule has 0 spiro atoms. The number of hydrogen-bond acceptors (Lipinski definition) is 6. The fourth-order valence-electron chi connectivity index (χ4n) is 8.02. The highest BCUT2D eigenvalue weighted by Gasteiger charge is 2.37. The third-order valence-electron chi connectivity index (χ3n) is 13.5. The van der Waals surface area contributed by atoms with Gasteiger partial charge in [-0.3, -0.25) is 19.2 Å². The van der Waals surface area contributed by atoms with Crippen LogP contribution in [0.25, 0.3) is 11.1 Å². The second-order valence-electron chi connectivity index (χ2n) is 17.5. The molecule has 6 aromatic carbocycles. The number of benzene rings is 6. The molecule has 6 aromatic rings. The summed E-state index contributed by atoms with van der Waals surface area (Å²) < 4.78 is 12.4. The number of rotatable bonds is 16. The highest BCUT2D eigenvalue weighted by atomic mass is 16.5. The molecule has 1 N–H and O–H groups in total. The SMILES string of the molecule is CCC(C)(CC)NC(=O)c1cc(-c2ccc3c(c2)C(=O)N(c2ccc(Oc4ccc(C(C)(C)c5ccc(Oc6ccc(C(C)(CC)CC)cc6)cc5)cc4)cc2)C3=O)ccc1C=O. The number of aldehydes is 1. The average Bonchev–Trinajstić information content (AvgIpc) is 3.56. The Bertz CT molecular complexity index is 2640. The number of imide groups is 1. The van der Waals surface area contributed by atoms with E-state index in [9.17, 15) is 19.2 Å². The molecule has 7 rings (SSSR count). The highest BCUT2D eigenvalue weighted by molar-refractivity contribution is 6.34. The minimum Gasteiger partial charge on any atom is -0.457 e. The normalized spacial score (nSPS) is 12.9. The maximum atomic E-state index is 13.8. The molecule has 0 radical (unpaired) electrons. The van der Waals surface area contributed by atoms with Crippen LogP contribution in [0.2, 0.25) is 0 Å². The summed E-state index contributed by atoms with van der Waals surface area (Å²) in [6.07, 6.45) is 4.30. The molecular formula is C55H56N2O6. The van der Waals surface area contributed by atoms with Gasteiger partial charge in [-0.2, -0.15) is 0 Å². The van der Waals surface area contributed by atoms with Crippen LogP contribution in [0.5, 0.6) is 23.0 Å². The predicted octanol–water partition coefficient (Wildman–Crippen LogP) is 13.3. The molecule has 1 aliphatic rings. The maximum Gasteiger partial charge on any atom is 0.266 e. The molecule has 3 amide bonds. The first-order valence-corrected chi connectivity index (χ1v) is 21.9. The van der Waals surface area contributed by atoms with Crippen molar-refractivity contribution >= 4 is 29.7 Å². The number of nitrogens with zero attached hydrogens (tertiary/aromatic N) is 1. The van der Waals surface area contributed by atoms with Gasteiger partial charge in [-0.25, -0.2) is 4.90 Å². The molecular weight excluding hydrogens is 785 g/mol. The molecule has 0 saturated heterocycles. The van der Waals surface area contributed by atoms with Gasteiger partial charge in [0.25, 0.3) is 17.7 Å². The van der Waals surface area contributed by atoms with Crippen molar-refractivity contribution in [3.05, 3.63) is 172 Å². The lowest BCUT2D eigenvalue weighted by Crippen LogP contribution is -2.45. The molecule has 0 unspecified atom stereocenters. The molecule has 0 atom stereocenters. The number of fused-ring (bicyclic) bond motifs is 1. The lowest BCUT2D eigenvalue weighted by molar-refractivity contribution is 0.0893. The number of ether oxygens (including phenoxy) is 2. The summed E-state index contributed by atoms with van der Waals surface area (Å²) in [5.41, 5.74) is 5.81. The van der Waals surface area contributed by atoms with Crippen molar-refractivity contribution < 1.29 is 28.7 Å². The van der Waals surface area contributed by atoms with Crippen LogP contribution >= 0.6 is 0 Å². The van der Waals surface area contributed by atoms with Crippen molar-refractivity contribution in [1.29, 1.82) is 0 Å². The third kappa shape index (κ3) is 8.94. The molecule has 0 aromatic heterocycles. The molecule has 0 aliphatic carbocycles. The van der Waals surface area contributed by atoms with Crippen LogP contribution in [-0.4, -0.2) is 29.5 Å². The summed E-state index contributed by atoms with van der Waals surface area (Å²) in [5.74, 6) is 1.57. The summed E-state index contributed by atoms with van der Waals surface area (Å²) in [6.45, 7) is 17.1. The van der Waals surface area contributed by atoms with Gasteiger partial charge in [-0.05, 0) is 145 Å². The Balaban J connectivity index is 0.996. The average molecular weight is 841 g/mol. The molecule has 322 valence electrons. The standard InChI is InChI=1S/C55H56N2O6/c1-9-54(7,10-2)41-20-28-45(29-21-41)62-43-24-16-39(17-25-43)53(5,6)40-18-26-44(27-19-40)63-46-30-22-42(23-31-46)57-51(60)47-32-15-37(34-49(47)52(57)61)36-13-14-38(35-58)48(33-36)50(59)56-55(8,11-3)12-4/h13-35H,9-12H2,1-8H3,(H,56,59). The molecule has 1 aliphatic heterocycles. The van der Waals surface area contributed by atoms with Crippen LogP contribution in [-0.2, 0) is 10.8 Å². The Labute approximate surface area is 371 Å². The van der Waals surface area contributed by atoms with Gasteiger partial charge >= 0.3 is 0 Å². The minimum atomic E-state index is -0.452. The third-order valence-corrected chi connectivity index (χ3v) is 13.5. The van der Waals surface area contributed by atoms with E-state index in [2.05, 4.69) is 76.3 Å². The number of carbonyl (C=O) groups excluding carboxylic acids is 4. The van der Waals surface area contributed by atoms with Gasteiger partial charge in [-0.1, -0.05) is 103 Å². The van der Waals surface area contributed by atoms with E-state index in [1.807, 2.05) is 57.2 Å². The number of anilines is 1. The van der Waals surface area contributed by atoms with E-state index in [0.717, 1.165) is 53.2 Å². The zero-order chi connectivity index (χ0) is 45.1. The molecule has 0 fully saturated rings. The first-order chi connectivity index (χ1) is 30.1.